The van der Waals surface area contributed by atoms with Crippen LogP contribution < -0.4 is 16.4 Å². The quantitative estimate of drug-likeness (QED) is 0.395. The van der Waals surface area contributed by atoms with Crippen LogP contribution in [-0.4, -0.2) is 32.7 Å². The number of hydrogen-bond acceptors (Lipinski definition) is 3. The summed E-state index contributed by atoms with van der Waals surface area (Å²) < 4.78 is 0. The Morgan fingerprint density at radius 2 is 1.11 bits per heavy atom. The van der Waals surface area contributed by atoms with Gasteiger partial charge in [-0.1, -0.05) is 39.0 Å². The highest BCUT2D eigenvalue weighted by molar-refractivity contribution is 4.53. The predicted octanol–water partition coefficient (Wildman–Crippen LogP) is 2.66. The van der Waals surface area contributed by atoms with Crippen LogP contribution >= 0.6 is 0 Å². The molecule has 0 spiro atoms. The van der Waals surface area contributed by atoms with Crippen LogP contribution in [0.1, 0.15) is 64.7 Å². The Balaban J connectivity index is 2.86. The Hall–Kier alpha value is -0.120. The van der Waals surface area contributed by atoms with E-state index in [9.17, 15) is 0 Å². The van der Waals surface area contributed by atoms with Crippen molar-refractivity contribution < 1.29 is 0 Å². The second-order valence-corrected chi connectivity index (χ2v) is 5.12. The summed E-state index contributed by atoms with van der Waals surface area (Å²) in [6.45, 7) is 7.69. The van der Waals surface area contributed by atoms with E-state index < -0.39 is 0 Å². The van der Waals surface area contributed by atoms with Gasteiger partial charge in [-0.15, -0.1) is 0 Å². The van der Waals surface area contributed by atoms with Crippen LogP contribution in [0.5, 0.6) is 0 Å². The average molecular weight is 257 g/mol. The fourth-order valence-corrected chi connectivity index (χ4v) is 2.01. The average Bonchev–Trinajstić information content (AvgIpc) is 2.39. The van der Waals surface area contributed by atoms with Gasteiger partial charge in [0.2, 0.25) is 0 Å². The molecule has 0 aromatic carbocycles. The van der Waals surface area contributed by atoms with Crippen LogP contribution in [0, 0.1) is 0 Å². The van der Waals surface area contributed by atoms with E-state index in [4.69, 9.17) is 5.73 Å². The monoisotopic (exact) mass is 257 g/mol. The van der Waals surface area contributed by atoms with Crippen LogP contribution in [0.15, 0.2) is 0 Å². The molecule has 0 aliphatic carbocycles. The highest BCUT2D eigenvalue weighted by Gasteiger charge is 1.91. The largest absolute Gasteiger partial charge is 0.330 e. The zero-order valence-electron chi connectivity index (χ0n) is 12.5. The van der Waals surface area contributed by atoms with E-state index in [1.165, 1.54) is 57.9 Å². The zero-order valence-corrected chi connectivity index (χ0v) is 12.5. The molecule has 0 aliphatic heterocycles. The van der Waals surface area contributed by atoms with Crippen molar-refractivity contribution in [3.63, 3.8) is 0 Å². The smallest absolute Gasteiger partial charge is 0.00368 e. The molecule has 0 saturated heterocycles. The molecule has 0 bridgehead atoms. The third kappa shape index (κ3) is 15.9. The second kappa shape index (κ2) is 16.9. The number of nitrogens with one attached hydrogen (secondary N) is 2. The Labute approximate surface area is 114 Å². The van der Waals surface area contributed by atoms with Gasteiger partial charge in [0.15, 0.2) is 0 Å². The summed E-state index contributed by atoms with van der Waals surface area (Å²) in [6, 6.07) is 0. The lowest BCUT2D eigenvalue weighted by atomic mass is 10.1. The summed E-state index contributed by atoms with van der Waals surface area (Å²) in [5.41, 5.74) is 5.44. The molecule has 4 N–H and O–H groups in total. The highest BCUT2D eigenvalue weighted by Crippen LogP contribution is 2.03. The lowest BCUT2D eigenvalue weighted by molar-refractivity contribution is 0.547. The molecule has 0 aromatic rings. The van der Waals surface area contributed by atoms with E-state index in [-0.39, 0.29) is 0 Å². The first kappa shape index (κ1) is 17.9. The third-order valence-corrected chi connectivity index (χ3v) is 3.22. The van der Waals surface area contributed by atoms with Gasteiger partial charge in [-0.3, -0.25) is 0 Å². The van der Waals surface area contributed by atoms with Gasteiger partial charge in [-0.05, 0) is 58.4 Å². The lowest BCUT2D eigenvalue weighted by Crippen LogP contribution is -2.23. The summed E-state index contributed by atoms with van der Waals surface area (Å²) in [5, 5.41) is 6.97. The first-order chi connectivity index (χ1) is 8.91. The summed E-state index contributed by atoms with van der Waals surface area (Å²) in [5.74, 6) is 0. The van der Waals surface area contributed by atoms with Crippen molar-refractivity contribution in [2.75, 3.05) is 32.7 Å². The predicted molar refractivity (Wildman–Crippen MR) is 82.0 cm³/mol. The fourth-order valence-electron chi connectivity index (χ4n) is 2.01. The van der Waals surface area contributed by atoms with E-state index >= 15 is 0 Å². The Morgan fingerprint density at radius 3 is 1.72 bits per heavy atom. The zero-order chi connectivity index (χ0) is 13.3. The maximum Gasteiger partial charge on any atom is -0.00368 e. The Bertz CT molecular complexity index is 124. The highest BCUT2D eigenvalue weighted by atomic mass is 14.9. The van der Waals surface area contributed by atoms with Gasteiger partial charge in [-0.2, -0.15) is 0 Å². The van der Waals surface area contributed by atoms with Gasteiger partial charge < -0.3 is 16.4 Å². The van der Waals surface area contributed by atoms with Crippen molar-refractivity contribution in [1.82, 2.24) is 10.6 Å². The minimum atomic E-state index is 0.821. The van der Waals surface area contributed by atoms with Crippen LogP contribution in [0.4, 0.5) is 0 Å². The molecule has 0 heterocycles. The molecule has 0 unspecified atom stereocenters. The number of rotatable bonds is 15. The van der Waals surface area contributed by atoms with E-state index in [0.29, 0.717) is 0 Å². The minimum Gasteiger partial charge on any atom is -0.330 e. The van der Waals surface area contributed by atoms with Crippen molar-refractivity contribution >= 4 is 0 Å². The number of hydrogen-bond donors (Lipinski definition) is 3. The topological polar surface area (TPSA) is 50.1 Å². The Kier molecular flexibility index (Phi) is 16.8. The molecule has 18 heavy (non-hydrogen) atoms. The maximum atomic E-state index is 5.44. The standard InChI is InChI=1S/C15H35N3/c1-2-3-4-5-6-8-12-17-14-10-15-18-13-9-7-11-16/h17-18H,2-16H2,1H3. The Morgan fingerprint density at radius 1 is 0.611 bits per heavy atom. The van der Waals surface area contributed by atoms with Gasteiger partial charge in [0, 0.05) is 0 Å². The van der Waals surface area contributed by atoms with Gasteiger partial charge in [-0.25, -0.2) is 0 Å². The van der Waals surface area contributed by atoms with Crippen molar-refractivity contribution in [1.29, 1.82) is 0 Å². The normalized spacial score (nSPS) is 11.0. The van der Waals surface area contributed by atoms with Crippen molar-refractivity contribution in [3.05, 3.63) is 0 Å². The summed E-state index contributed by atoms with van der Waals surface area (Å²) in [4.78, 5) is 0. The molecule has 0 atom stereocenters. The molecule has 0 rings (SSSR count). The van der Waals surface area contributed by atoms with Crippen LogP contribution in [-0.2, 0) is 0 Å². The third-order valence-electron chi connectivity index (χ3n) is 3.22. The van der Waals surface area contributed by atoms with Crippen molar-refractivity contribution in [2.45, 2.75) is 64.7 Å². The van der Waals surface area contributed by atoms with Crippen LogP contribution in [0.2, 0.25) is 0 Å². The summed E-state index contributed by atoms with van der Waals surface area (Å²) in [7, 11) is 0. The van der Waals surface area contributed by atoms with Crippen LogP contribution in [0.3, 0.4) is 0 Å². The van der Waals surface area contributed by atoms with E-state index in [0.717, 1.165) is 32.6 Å². The molecule has 0 aliphatic rings. The number of unbranched alkanes of at least 4 members (excludes halogenated alkanes) is 6. The lowest BCUT2D eigenvalue weighted by Gasteiger charge is -2.06. The number of nitrogens with two attached hydrogens (primary N) is 1. The van der Waals surface area contributed by atoms with E-state index in [1.807, 2.05) is 0 Å². The molecule has 0 saturated carbocycles. The van der Waals surface area contributed by atoms with E-state index in [1.54, 1.807) is 0 Å². The van der Waals surface area contributed by atoms with E-state index in [2.05, 4.69) is 17.6 Å². The molecular formula is C15H35N3. The molecule has 0 fully saturated rings. The van der Waals surface area contributed by atoms with Gasteiger partial charge in [0.1, 0.15) is 0 Å². The van der Waals surface area contributed by atoms with Crippen molar-refractivity contribution in [3.8, 4) is 0 Å². The van der Waals surface area contributed by atoms with Gasteiger partial charge >= 0.3 is 0 Å². The SMILES string of the molecule is CCCCCCCCNCCCNCCCCN. The van der Waals surface area contributed by atoms with Gasteiger partial charge in [0.25, 0.3) is 0 Å². The minimum absolute atomic E-state index is 0.821. The molecule has 110 valence electrons. The second-order valence-electron chi connectivity index (χ2n) is 5.12. The summed E-state index contributed by atoms with van der Waals surface area (Å²) >= 11 is 0. The first-order valence-corrected chi connectivity index (χ1v) is 8.03. The molecule has 3 heteroatoms. The molecule has 0 aromatic heterocycles. The first-order valence-electron chi connectivity index (χ1n) is 8.03. The van der Waals surface area contributed by atoms with Crippen LogP contribution in [0.25, 0.3) is 0 Å². The molecule has 3 nitrogen and oxygen atoms in total. The van der Waals surface area contributed by atoms with Gasteiger partial charge in [0.05, 0.1) is 0 Å². The fraction of sp³-hybridized carbons (Fsp3) is 1.00. The maximum absolute atomic E-state index is 5.44. The van der Waals surface area contributed by atoms with Crippen molar-refractivity contribution in [2.24, 2.45) is 5.73 Å². The molecule has 0 radical (unpaired) electrons. The molecular weight excluding hydrogens is 222 g/mol. The summed E-state index contributed by atoms with van der Waals surface area (Å²) in [6.07, 6.45) is 11.9. The molecule has 0 amide bonds.